The fraction of sp³-hybridized carbons (Fsp3) is 0.0400. The van der Waals surface area contributed by atoms with Gasteiger partial charge in [0.15, 0.2) is 0 Å². The van der Waals surface area contributed by atoms with Crippen molar-refractivity contribution in [3.8, 4) is 6.07 Å². The maximum atomic E-state index is 13.7. The molecule has 0 amide bonds. The molecule has 154 valence electrons. The van der Waals surface area contributed by atoms with Gasteiger partial charge in [-0.05, 0) is 42.0 Å². The van der Waals surface area contributed by atoms with Crippen LogP contribution in [-0.4, -0.2) is 5.84 Å². The van der Waals surface area contributed by atoms with Crippen LogP contribution in [0.2, 0.25) is 0 Å². The second-order valence-corrected chi connectivity index (χ2v) is 9.62. The highest BCUT2D eigenvalue weighted by Crippen LogP contribution is 2.56. The summed E-state index contributed by atoms with van der Waals surface area (Å²) in [6.45, 7) is 0. The summed E-state index contributed by atoms with van der Waals surface area (Å²) in [6, 6.07) is 24.5. The summed E-state index contributed by atoms with van der Waals surface area (Å²) >= 11 is 3.07. The summed E-state index contributed by atoms with van der Waals surface area (Å²) in [6.07, 6.45) is 0. The fourth-order valence-electron chi connectivity index (χ4n) is 4.29. The van der Waals surface area contributed by atoms with Gasteiger partial charge in [-0.1, -0.05) is 59.9 Å². The average molecular weight is 455 g/mol. The summed E-state index contributed by atoms with van der Waals surface area (Å²) in [5.74, 6) is -0.468. The smallest absolute Gasteiger partial charge is 0.137 e. The van der Waals surface area contributed by atoms with Crippen molar-refractivity contribution < 1.29 is 4.39 Å². The fourth-order valence-corrected chi connectivity index (χ4v) is 6.54. The zero-order valence-corrected chi connectivity index (χ0v) is 18.2. The van der Waals surface area contributed by atoms with Gasteiger partial charge in [0.25, 0.3) is 0 Å². The number of thioether (sulfide) groups is 2. The van der Waals surface area contributed by atoms with Gasteiger partial charge in [0.2, 0.25) is 0 Å². The van der Waals surface area contributed by atoms with Crippen molar-refractivity contribution in [1.82, 2.24) is 0 Å². The molecule has 3 heterocycles. The zero-order valence-electron chi connectivity index (χ0n) is 16.6. The second-order valence-electron chi connectivity index (χ2n) is 7.54. The molecule has 0 aliphatic carbocycles. The summed E-state index contributed by atoms with van der Waals surface area (Å²) < 4.78 is 13.7. The molecule has 3 aromatic rings. The lowest BCUT2D eigenvalue weighted by molar-refractivity contribution is 0.627. The van der Waals surface area contributed by atoms with Crippen LogP contribution in [0.3, 0.4) is 0 Å². The first-order chi connectivity index (χ1) is 15.7. The molecule has 6 rings (SSSR count). The predicted octanol–water partition coefficient (Wildman–Crippen LogP) is 6.68. The average Bonchev–Trinajstić information content (AvgIpc) is 3.41. The molecule has 0 bridgehead atoms. The van der Waals surface area contributed by atoms with Crippen molar-refractivity contribution in [3.63, 3.8) is 0 Å². The van der Waals surface area contributed by atoms with Crippen LogP contribution in [0.15, 0.2) is 104 Å². The topological polar surface area (TPSA) is 62.9 Å². The Labute approximate surface area is 193 Å². The van der Waals surface area contributed by atoms with Gasteiger partial charge < -0.3 is 5.32 Å². The molecule has 0 spiro atoms. The number of benzene rings is 3. The number of fused-ring (bicyclic) bond motifs is 4. The largest absolute Gasteiger partial charge is 0.349 e. The number of nitriles is 1. The standard InChI is InChI=1S/C25H15FN4S2/c26-15-11-9-14(10-12-15)21-16(13-27)25-30(18-6-2-4-8-20(18)32-25)23(28)22(21)24-29-17-5-1-3-7-19(17)31-24/h1-12,21,28-29H/b24-22+,28-23?/t21-/m1/s1. The number of allylic oxidation sites excluding steroid dienone is 1. The van der Waals surface area contributed by atoms with E-state index >= 15 is 0 Å². The minimum Gasteiger partial charge on any atom is -0.349 e. The number of para-hydroxylation sites is 2. The molecule has 32 heavy (non-hydrogen) atoms. The number of hydrogen-bond acceptors (Lipinski definition) is 5. The number of hydrogen-bond donors (Lipinski definition) is 2. The summed E-state index contributed by atoms with van der Waals surface area (Å²) in [5, 5.41) is 24.6. The number of anilines is 2. The van der Waals surface area contributed by atoms with Crippen LogP contribution < -0.4 is 10.2 Å². The first-order valence-electron chi connectivity index (χ1n) is 9.99. The molecular formula is C25H15FN4S2. The molecule has 0 radical (unpaired) electrons. The third-order valence-electron chi connectivity index (χ3n) is 5.72. The lowest BCUT2D eigenvalue weighted by atomic mass is 9.82. The van der Waals surface area contributed by atoms with E-state index in [-0.39, 0.29) is 5.82 Å². The lowest BCUT2D eigenvalue weighted by Gasteiger charge is -2.35. The Morgan fingerprint density at radius 3 is 2.41 bits per heavy atom. The summed E-state index contributed by atoms with van der Waals surface area (Å²) in [5.41, 5.74) is 3.96. The van der Waals surface area contributed by atoms with Gasteiger partial charge in [-0.2, -0.15) is 5.26 Å². The van der Waals surface area contributed by atoms with Crippen LogP contribution >= 0.6 is 23.5 Å². The Bertz CT molecular complexity index is 1370. The van der Waals surface area contributed by atoms with Gasteiger partial charge in [-0.15, -0.1) is 0 Å². The molecule has 0 aromatic heterocycles. The summed E-state index contributed by atoms with van der Waals surface area (Å²) in [7, 11) is 0. The molecule has 0 fully saturated rings. The van der Waals surface area contributed by atoms with E-state index in [1.165, 1.54) is 23.9 Å². The van der Waals surface area contributed by atoms with E-state index in [4.69, 9.17) is 0 Å². The summed E-state index contributed by atoms with van der Waals surface area (Å²) in [4.78, 5) is 3.95. The number of amidine groups is 1. The lowest BCUT2D eigenvalue weighted by Crippen LogP contribution is -2.37. The van der Waals surface area contributed by atoms with E-state index < -0.39 is 5.92 Å². The monoisotopic (exact) mass is 454 g/mol. The molecule has 0 saturated carbocycles. The number of nitrogens with one attached hydrogen (secondary N) is 2. The Kier molecular flexibility index (Phi) is 4.39. The van der Waals surface area contributed by atoms with Gasteiger partial charge in [0.05, 0.1) is 34.0 Å². The van der Waals surface area contributed by atoms with Gasteiger partial charge in [-0.3, -0.25) is 10.3 Å². The van der Waals surface area contributed by atoms with Gasteiger partial charge in [0.1, 0.15) is 16.7 Å². The molecule has 2 N–H and O–H groups in total. The Hall–Kier alpha value is -3.47. The van der Waals surface area contributed by atoms with E-state index in [0.29, 0.717) is 11.4 Å². The van der Waals surface area contributed by atoms with Crippen LogP contribution in [0.5, 0.6) is 0 Å². The van der Waals surface area contributed by atoms with E-state index in [9.17, 15) is 15.1 Å². The first kappa shape index (κ1) is 19.2. The molecule has 1 atom stereocenters. The molecule has 3 aliphatic rings. The second kappa shape index (κ2) is 7.30. The normalized spacial score (nSPS) is 21.1. The first-order valence-corrected chi connectivity index (χ1v) is 11.6. The maximum Gasteiger partial charge on any atom is 0.137 e. The van der Waals surface area contributed by atoms with E-state index in [0.717, 1.165) is 42.4 Å². The highest BCUT2D eigenvalue weighted by Gasteiger charge is 2.44. The highest BCUT2D eigenvalue weighted by molar-refractivity contribution is 8.04. The number of halogens is 1. The van der Waals surface area contributed by atoms with Gasteiger partial charge in [-0.25, -0.2) is 4.39 Å². The van der Waals surface area contributed by atoms with Crippen molar-refractivity contribution in [2.75, 3.05) is 10.2 Å². The van der Waals surface area contributed by atoms with Crippen LogP contribution in [0.25, 0.3) is 0 Å². The Morgan fingerprint density at radius 2 is 1.66 bits per heavy atom. The predicted molar refractivity (Wildman–Crippen MR) is 127 cm³/mol. The molecule has 0 unspecified atom stereocenters. The van der Waals surface area contributed by atoms with Crippen LogP contribution in [-0.2, 0) is 0 Å². The minimum absolute atomic E-state index is 0.327. The zero-order chi connectivity index (χ0) is 21.8. The Balaban J connectivity index is 1.61. The molecule has 3 aliphatic heterocycles. The minimum atomic E-state index is -0.467. The van der Waals surface area contributed by atoms with Crippen molar-refractivity contribution in [1.29, 1.82) is 10.7 Å². The van der Waals surface area contributed by atoms with E-state index in [1.54, 1.807) is 23.9 Å². The number of nitrogens with zero attached hydrogens (tertiary/aromatic N) is 2. The van der Waals surface area contributed by atoms with Crippen molar-refractivity contribution >= 4 is 40.7 Å². The van der Waals surface area contributed by atoms with E-state index in [2.05, 4.69) is 11.4 Å². The van der Waals surface area contributed by atoms with Gasteiger partial charge in [0, 0.05) is 15.4 Å². The van der Waals surface area contributed by atoms with Crippen molar-refractivity contribution in [2.45, 2.75) is 15.7 Å². The SMILES string of the molecule is N#CC1=C2Sc3ccccc3N2C(=N)/C(=C2\Nc3ccccc3S2)[C@@H]1c1ccc(F)cc1. The Morgan fingerprint density at radius 1 is 0.938 bits per heavy atom. The molecular weight excluding hydrogens is 439 g/mol. The van der Waals surface area contributed by atoms with Crippen molar-refractivity contribution in [2.24, 2.45) is 0 Å². The van der Waals surface area contributed by atoms with Crippen LogP contribution in [0.1, 0.15) is 11.5 Å². The van der Waals surface area contributed by atoms with E-state index in [1.807, 2.05) is 53.4 Å². The molecule has 3 aromatic carbocycles. The van der Waals surface area contributed by atoms with Crippen LogP contribution in [0.4, 0.5) is 15.8 Å². The maximum absolute atomic E-state index is 13.7. The van der Waals surface area contributed by atoms with Gasteiger partial charge >= 0.3 is 0 Å². The van der Waals surface area contributed by atoms with Crippen molar-refractivity contribution in [3.05, 3.63) is 105 Å². The third-order valence-corrected chi connectivity index (χ3v) is 7.98. The molecule has 0 saturated heterocycles. The number of rotatable bonds is 1. The molecule has 7 heteroatoms. The van der Waals surface area contributed by atoms with Crippen LogP contribution in [0, 0.1) is 22.6 Å². The third kappa shape index (κ3) is 2.80. The quantitative estimate of drug-likeness (QED) is 0.430. The molecule has 4 nitrogen and oxygen atoms in total. The highest BCUT2D eigenvalue weighted by atomic mass is 32.2.